The molecule has 2 heterocycles. The van der Waals surface area contributed by atoms with Crippen LogP contribution in [0.15, 0.2) is 28.7 Å². The van der Waals surface area contributed by atoms with Crippen molar-refractivity contribution in [1.82, 2.24) is 4.90 Å². The molecule has 0 saturated carbocycles. The van der Waals surface area contributed by atoms with Crippen LogP contribution >= 0.6 is 0 Å². The Labute approximate surface area is 132 Å². The third kappa shape index (κ3) is 1.89. The Morgan fingerprint density at radius 3 is 2.30 bits per heavy atom. The lowest BCUT2D eigenvalue weighted by atomic mass is 9.86. The van der Waals surface area contributed by atoms with Gasteiger partial charge in [-0.2, -0.15) is 0 Å². The topological polar surface area (TPSA) is 67.6 Å². The van der Waals surface area contributed by atoms with E-state index in [1.165, 1.54) is 0 Å². The number of ketones is 2. The van der Waals surface area contributed by atoms with Crippen molar-refractivity contribution in [3.8, 4) is 0 Å². The first kappa shape index (κ1) is 13.9. The highest BCUT2D eigenvalue weighted by Gasteiger charge is 2.39. The number of fused-ring (bicyclic) bond motifs is 2. The first-order valence-electron chi connectivity index (χ1n) is 7.70. The van der Waals surface area contributed by atoms with Crippen molar-refractivity contribution in [2.24, 2.45) is 0 Å². The summed E-state index contributed by atoms with van der Waals surface area (Å²) in [5.74, 6) is -0.533. The molecule has 2 aliphatic rings. The summed E-state index contributed by atoms with van der Waals surface area (Å²) in [7, 11) is 0. The fraction of sp³-hybridized carbons (Fsp3) is 0.278. The van der Waals surface area contributed by atoms with E-state index in [-0.39, 0.29) is 34.4 Å². The molecule has 1 aromatic heterocycles. The van der Waals surface area contributed by atoms with Gasteiger partial charge in [0.2, 0.25) is 5.78 Å². The number of nitrogens with zero attached hydrogens (tertiary/aromatic N) is 1. The Morgan fingerprint density at radius 2 is 1.65 bits per heavy atom. The fourth-order valence-electron chi connectivity index (χ4n) is 3.39. The van der Waals surface area contributed by atoms with Gasteiger partial charge < -0.3 is 9.32 Å². The molecule has 0 bridgehead atoms. The van der Waals surface area contributed by atoms with E-state index in [2.05, 4.69) is 0 Å². The smallest absolute Gasteiger partial charge is 0.258 e. The largest absolute Gasteiger partial charge is 0.456 e. The summed E-state index contributed by atoms with van der Waals surface area (Å²) in [6.45, 7) is 2.99. The van der Waals surface area contributed by atoms with Crippen LogP contribution in [-0.4, -0.2) is 35.5 Å². The van der Waals surface area contributed by atoms with Crippen LogP contribution in [0.5, 0.6) is 0 Å². The molecule has 0 radical (unpaired) electrons. The lowest BCUT2D eigenvalue weighted by Crippen LogP contribution is -2.30. The second-order valence-electron chi connectivity index (χ2n) is 5.94. The van der Waals surface area contributed by atoms with E-state index in [0.717, 1.165) is 12.8 Å². The van der Waals surface area contributed by atoms with Gasteiger partial charge in [-0.25, -0.2) is 0 Å². The third-order valence-electron chi connectivity index (χ3n) is 4.54. The van der Waals surface area contributed by atoms with Crippen molar-refractivity contribution < 1.29 is 18.8 Å². The zero-order valence-electron chi connectivity index (χ0n) is 12.7. The summed E-state index contributed by atoms with van der Waals surface area (Å²) < 4.78 is 5.54. The van der Waals surface area contributed by atoms with Crippen molar-refractivity contribution in [1.29, 1.82) is 0 Å². The molecule has 1 aromatic carbocycles. The predicted molar refractivity (Wildman–Crippen MR) is 81.9 cm³/mol. The van der Waals surface area contributed by atoms with Crippen molar-refractivity contribution >= 4 is 17.5 Å². The molecule has 0 atom stereocenters. The summed E-state index contributed by atoms with van der Waals surface area (Å²) in [6, 6.07) is 6.65. The maximum absolute atomic E-state index is 12.8. The van der Waals surface area contributed by atoms with Crippen molar-refractivity contribution in [2.75, 3.05) is 13.1 Å². The van der Waals surface area contributed by atoms with Gasteiger partial charge in [-0.1, -0.05) is 24.3 Å². The molecular weight excluding hydrogens is 294 g/mol. The van der Waals surface area contributed by atoms with Crippen LogP contribution in [0.3, 0.4) is 0 Å². The van der Waals surface area contributed by atoms with Crippen LogP contribution < -0.4 is 0 Å². The van der Waals surface area contributed by atoms with Crippen molar-refractivity contribution in [3.05, 3.63) is 58.0 Å². The van der Waals surface area contributed by atoms with Gasteiger partial charge in [0.15, 0.2) is 11.5 Å². The number of rotatable bonds is 1. The van der Waals surface area contributed by atoms with E-state index in [1.807, 2.05) is 0 Å². The number of furan rings is 1. The number of carbonyl (C=O) groups excluding carboxylic acids is 3. The summed E-state index contributed by atoms with van der Waals surface area (Å²) in [4.78, 5) is 39.9. The third-order valence-corrected chi connectivity index (χ3v) is 4.54. The van der Waals surface area contributed by atoms with Crippen LogP contribution in [0.2, 0.25) is 0 Å². The summed E-state index contributed by atoms with van der Waals surface area (Å²) in [5, 5.41) is 0. The minimum Gasteiger partial charge on any atom is -0.456 e. The molecule has 23 heavy (non-hydrogen) atoms. The molecule has 2 aromatic rings. The number of benzene rings is 1. The Morgan fingerprint density at radius 1 is 1.04 bits per heavy atom. The number of carbonyl (C=O) groups is 3. The van der Waals surface area contributed by atoms with Gasteiger partial charge in [-0.15, -0.1) is 0 Å². The molecule has 1 aliphatic carbocycles. The molecule has 0 N–H and O–H groups in total. The van der Waals surface area contributed by atoms with E-state index in [4.69, 9.17) is 4.42 Å². The SMILES string of the molecule is Cc1oc2c(c1C(=O)N1CCCC1)C(=O)c1ccccc1C2=O. The Hall–Kier alpha value is -2.69. The highest BCUT2D eigenvalue weighted by Crippen LogP contribution is 2.34. The molecule has 5 heteroatoms. The zero-order valence-corrected chi connectivity index (χ0v) is 12.7. The van der Waals surface area contributed by atoms with Crippen molar-refractivity contribution in [2.45, 2.75) is 19.8 Å². The molecule has 1 saturated heterocycles. The predicted octanol–water partition coefficient (Wildman–Crippen LogP) is 2.60. The summed E-state index contributed by atoms with van der Waals surface area (Å²) in [5.41, 5.74) is 1.04. The van der Waals surface area contributed by atoms with E-state index in [9.17, 15) is 14.4 Å². The Bertz CT molecular complexity index is 856. The van der Waals surface area contributed by atoms with Crippen LogP contribution in [-0.2, 0) is 0 Å². The molecule has 4 rings (SSSR count). The number of aryl methyl sites for hydroxylation is 1. The molecular formula is C18H15NO4. The minimum atomic E-state index is -0.334. The number of likely N-dealkylation sites (tertiary alicyclic amines) is 1. The molecule has 116 valence electrons. The number of hydrogen-bond donors (Lipinski definition) is 0. The zero-order chi connectivity index (χ0) is 16.1. The van der Waals surface area contributed by atoms with Gasteiger partial charge in [-0.05, 0) is 19.8 Å². The first-order valence-corrected chi connectivity index (χ1v) is 7.70. The standard InChI is InChI=1S/C18H15NO4/c1-10-13(18(22)19-8-4-5-9-19)14-15(20)11-6-2-3-7-12(11)16(21)17(14)23-10/h2-3,6-7H,4-5,8-9H2,1H3. The van der Waals surface area contributed by atoms with Gasteiger partial charge in [0.05, 0.1) is 11.1 Å². The quantitative estimate of drug-likeness (QED) is 0.693. The normalized spacial score (nSPS) is 16.5. The van der Waals surface area contributed by atoms with E-state index >= 15 is 0 Å². The minimum absolute atomic E-state index is 0.00579. The van der Waals surface area contributed by atoms with Crippen LogP contribution in [0, 0.1) is 6.92 Å². The molecule has 1 amide bonds. The monoisotopic (exact) mass is 309 g/mol. The van der Waals surface area contributed by atoms with Crippen LogP contribution in [0.1, 0.15) is 61.0 Å². The molecule has 1 aliphatic heterocycles. The van der Waals surface area contributed by atoms with E-state index in [0.29, 0.717) is 30.0 Å². The first-order chi connectivity index (χ1) is 11.1. The van der Waals surface area contributed by atoms with Gasteiger partial charge in [0.1, 0.15) is 5.76 Å². The van der Waals surface area contributed by atoms with Gasteiger partial charge in [0.25, 0.3) is 5.91 Å². The molecule has 5 nitrogen and oxygen atoms in total. The lowest BCUT2D eigenvalue weighted by Gasteiger charge is -2.17. The Balaban J connectivity index is 1.89. The summed E-state index contributed by atoms with van der Waals surface area (Å²) in [6.07, 6.45) is 1.92. The highest BCUT2D eigenvalue weighted by atomic mass is 16.4. The molecule has 0 spiro atoms. The Kier molecular flexibility index (Phi) is 2.98. The summed E-state index contributed by atoms with van der Waals surface area (Å²) >= 11 is 0. The molecule has 1 fully saturated rings. The van der Waals surface area contributed by atoms with Gasteiger partial charge in [0, 0.05) is 24.2 Å². The second-order valence-corrected chi connectivity index (χ2v) is 5.94. The van der Waals surface area contributed by atoms with Crippen molar-refractivity contribution in [3.63, 3.8) is 0 Å². The average molecular weight is 309 g/mol. The highest BCUT2D eigenvalue weighted by molar-refractivity contribution is 6.30. The maximum Gasteiger partial charge on any atom is 0.258 e. The van der Waals surface area contributed by atoms with E-state index in [1.54, 1.807) is 36.1 Å². The van der Waals surface area contributed by atoms with Gasteiger partial charge >= 0.3 is 0 Å². The van der Waals surface area contributed by atoms with Crippen LogP contribution in [0.4, 0.5) is 0 Å². The van der Waals surface area contributed by atoms with Crippen LogP contribution in [0.25, 0.3) is 0 Å². The second kappa shape index (κ2) is 4.91. The number of hydrogen-bond acceptors (Lipinski definition) is 4. The lowest BCUT2D eigenvalue weighted by molar-refractivity contribution is 0.0786. The van der Waals surface area contributed by atoms with E-state index < -0.39 is 0 Å². The molecule has 0 unspecified atom stereocenters. The van der Waals surface area contributed by atoms with Gasteiger partial charge in [-0.3, -0.25) is 14.4 Å². The average Bonchev–Trinajstić information content (AvgIpc) is 3.20. The fourth-order valence-corrected chi connectivity index (χ4v) is 3.39. The number of amides is 1. The maximum atomic E-state index is 12.8.